The van der Waals surface area contributed by atoms with Gasteiger partial charge in [-0.15, -0.1) is 0 Å². The first kappa shape index (κ1) is 54.7. The summed E-state index contributed by atoms with van der Waals surface area (Å²) in [7, 11) is 1.66. The molecule has 0 aliphatic heterocycles. The van der Waals surface area contributed by atoms with Crippen molar-refractivity contribution >= 4 is 13.8 Å². The summed E-state index contributed by atoms with van der Waals surface area (Å²) in [5.74, 6) is -0.316. The van der Waals surface area contributed by atoms with E-state index in [9.17, 15) is 14.3 Å². The van der Waals surface area contributed by atoms with Crippen molar-refractivity contribution in [3.05, 3.63) is 36.5 Å². The summed E-state index contributed by atoms with van der Waals surface area (Å²) < 4.78 is 35.0. The topological polar surface area (TPSA) is 91.3 Å². The number of nitrogens with zero attached hydrogens (tertiary/aromatic N) is 1. The molecule has 0 amide bonds. The van der Waals surface area contributed by atoms with E-state index in [0.717, 1.165) is 57.8 Å². The number of carbonyl (C=O) groups excluding carboxylic acids is 1. The number of esters is 1. The Bertz CT molecular complexity index is 994. The molecule has 0 aromatic carbocycles. The number of quaternary nitrogens is 1. The zero-order chi connectivity index (χ0) is 41.3. The number of unbranched alkanes of at least 4 members (excludes halogenated alkanes) is 23. The predicted molar refractivity (Wildman–Crippen MR) is 238 cm³/mol. The van der Waals surface area contributed by atoms with Crippen LogP contribution in [-0.2, 0) is 27.9 Å². The Morgan fingerprint density at radius 2 is 1.04 bits per heavy atom. The number of phosphoric ester groups is 1. The SMILES string of the molecule is CC/C=C\C/C=C\C/C=C\CCCCCCCCOCC(COP(=O)(O)OCC[N+](C)(C)C)OC(=O)CCCCCCCCCCCCCCCCCCCC. The highest BCUT2D eigenvalue weighted by Crippen LogP contribution is 2.43. The van der Waals surface area contributed by atoms with Gasteiger partial charge in [0.15, 0.2) is 0 Å². The van der Waals surface area contributed by atoms with E-state index in [-0.39, 0.29) is 25.8 Å². The zero-order valence-electron chi connectivity index (χ0n) is 37.4. The van der Waals surface area contributed by atoms with Gasteiger partial charge in [-0.05, 0) is 44.9 Å². The van der Waals surface area contributed by atoms with Crippen LogP contribution in [0.2, 0.25) is 0 Å². The second-order valence-corrected chi connectivity index (χ2v) is 18.2. The van der Waals surface area contributed by atoms with Gasteiger partial charge in [0.2, 0.25) is 0 Å². The van der Waals surface area contributed by atoms with Crippen LogP contribution < -0.4 is 0 Å². The molecular formula is C47H91NO7P+. The summed E-state index contributed by atoms with van der Waals surface area (Å²) in [6.07, 6.45) is 47.5. The Hall–Kier alpha value is -1.28. The molecule has 0 saturated carbocycles. The second-order valence-electron chi connectivity index (χ2n) is 16.8. The maximum absolute atomic E-state index is 12.7. The highest BCUT2D eigenvalue weighted by Gasteiger charge is 2.26. The molecule has 0 rings (SSSR count). The summed E-state index contributed by atoms with van der Waals surface area (Å²) >= 11 is 0. The van der Waals surface area contributed by atoms with Crippen LogP contribution in [0.3, 0.4) is 0 Å². The van der Waals surface area contributed by atoms with Gasteiger partial charge in [0.1, 0.15) is 19.3 Å². The molecule has 0 radical (unpaired) electrons. The first-order valence-corrected chi connectivity index (χ1v) is 24.7. The monoisotopic (exact) mass is 813 g/mol. The minimum atomic E-state index is -4.28. The van der Waals surface area contributed by atoms with Gasteiger partial charge in [-0.3, -0.25) is 13.8 Å². The molecule has 0 heterocycles. The smallest absolute Gasteiger partial charge is 0.457 e. The number of ether oxygens (including phenoxy) is 2. The fourth-order valence-electron chi connectivity index (χ4n) is 6.39. The number of likely N-dealkylation sites (N-methyl/N-ethyl adjacent to an activating group) is 1. The average Bonchev–Trinajstić information content (AvgIpc) is 3.15. The molecule has 0 saturated heterocycles. The van der Waals surface area contributed by atoms with Gasteiger partial charge in [-0.25, -0.2) is 4.57 Å². The maximum Gasteiger partial charge on any atom is 0.472 e. The van der Waals surface area contributed by atoms with E-state index < -0.39 is 13.9 Å². The first-order chi connectivity index (χ1) is 27.1. The van der Waals surface area contributed by atoms with Gasteiger partial charge < -0.3 is 18.9 Å². The fraction of sp³-hybridized carbons (Fsp3) is 0.851. The van der Waals surface area contributed by atoms with Crippen molar-refractivity contribution in [2.24, 2.45) is 0 Å². The molecule has 8 nitrogen and oxygen atoms in total. The number of allylic oxidation sites excluding steroid dienone is 6. The number of hydrogen-bond acceptors (Lipinski definition) is 6. The van der Waals surface area contributed by atoms with E-state index in [4.69, 9.17) is 18.5 Å². The maximum atomic E-state index is 12.7. The molecule has 0 aliphatic carbocycles. The van der Waals surface area contributed by atoms with Crippen LogP contribution in [0.25, 0.3) is 0 Å². The van der Waals surface area contributed by atoms with E-state index in [1.165, 1.54) is 122 Å². The highest BCUT2D eigenvalue weighted by atomic mass is 31.2. The van der Waals surface area contributed by atoms with E-state index in [1.54, 1.807) is 0 Å². The van der Waals surface area contributed by atoms with Crippen molar-refractivity contribution in [3.63, 3.8) is 0 Å². The molecule has 0 fully saturated rings. The third-order valence-corrected chi connectivity index (χ3v) is 11.0. The summed E-state index contributed by atoms with van der Waals surface area (Å²) in [6.45, 7) is 5.51. The number of hydrogen-bond donors (Lipinski definition) is 1. The van der Waals surface area contributed by atoms with Crippen molar-refractivity contribution in [2.45, 2.75) is 206 Å². The molecule has 0 spiro atoms. The van der Waals surface area contributed by atoms with Crippen molar-refractivity contribution in [1.82, 2.24) is 0 Å². The summed E-state index contributed by atoms with van der Waals surface area (Å²) in [6, 6.07) is 0. The molecule has 9 heteroatoms. The lowest BCUT2D eigenvalue weighted by molar-refractivity contribution is -0.870. The van der Waals surface area contributed by atoms with Gasteiger partial charge in [-0.1, -0.05) is 185 Å². The van der Waals surface area contributed by atoms with Crippen molar-refractivity contribution in [2.75, 3.05) is 54.1 Å². The minimum Gasteiger partial charge on any atom is -0.457 e. The molecule has 0 bridgehead atoms. The Kier molecular flexibility index (Phi) is 39.6. The van der Waals surface area contributed by atoms with Gasteiger partial charge in [0.05, 0.1) is 34.4 Å². The normalized spacial score (nSPS) is 14.0. The molecular weight excluding hydrogens is 721 g/mol. The Balaban J connectivity index is 4.20. The molecule has 56 heavy (non-hydrogen) atoms. The van der Waals surface area contributed by atoms with Crippen molar-refractivity contribution < 1.29 is 37.3 Å². The lowest BCUT2D eigenvalue weighted by Gasteiger charge is -2.24. The first-order valence-electron chi connectivity index (χ1n) is 23.2. The third-order valence-electron chi connectivity index (χ3n) is 9.97. The largest absolute Gasteiger partial charge is 0.472 e. The number of rotatable bonds is 43. The number of phosphoric acid groups is 1. The third kappa shape index (κ3) is 43.8. The molecule has 2 unspecified atom stereocenters. The minimum absolute atomic E-state index is 0.0866. The molecule has 1 N–H and O–H groups in total. The molecule has 330 valence electrons. The van der Waals surface area contributed by atoms with E-state index in [2.05, 4.69) is 50.3 Å². The molecule has 0 aliphatic rings. The Morgan fingerprint density at radius 1 is 0.571 bits per heavy atom. The van der Waals surface area contributed by atoms with Crippen LogP contribution in [0.15, 0.2) is 36.5 Å². The number of carbonyl (C=O) groups is 1. The quantitative estimate of drug-likeness (QED) is 0.0215. The zero-order valence-corrected chi connectivity index (χ0v) is 38.3. The van der Waals surface area contributed by atoms with Gasteiger partial charge in [0, 0.05) is 13.0 Å². The van der Waals surface area contributed by atoms with Gasteiger partial charge in [-0.2, -0.15) is 0 Å². The lowest BCUT2D eigenvalue weighted by atomic mass is 10.0. The van der Waals surface area contributed by atoms with E-state index in [0.29, 0.717) is 24.1 Å². The molecule has 0 aromatic heterocycles. The lowest BCUT2D eigenvalue weighted by Crippen LogP contribution is -2.37. The van der Waals surface area contributed by atoms with E-state index in [1.807, 2.05) is 21.1 Å². The van der Waals surface area contributed by atoms with Crippen LogP contribution in [0, 0.1) is 0 Å². The van der Waals surface area contributed by atoms with Gasteiger partial charge in [0.25, 0.3) is 0 Å². The fourth-order valence-corrected chi connectivity index (χ4v) is 7.13. The summed E-state index contributed by atoms with van der Waals surface area (Å²) in [5.41, 5.74) is 0. The Morgan fingerprint density at radius 3 is 1.55 bits per heavy atom. The summed E-state index contributed by atoms with van der Waals surface area (Å²) in [5, 5.41) is 0. The molecule has 2 atom stereocenters. The average molecular weight is 813 g/mol. The Labute approximate surface area is 346 Å². The van der Waals surface area contributed by atoms with Gasteiger partial charge >= 0.3 is 13.8 Å². The molecule has 0 aromatic rings. The van der Waals surface area contributed by atoms with Crippen molar-refractivity contribution in [1.29, 1.82) is 0 Å². The van der Waals surface area contributed by atoms with E-state index >= 15 is 0 Å². The summed E-state index contributed by atoms with van der Waals surface area (Å²) in [4.78, 5) is 22.9. The van der Waals surface area contributed by atoms with Crippen LogP contribution in [0.5, 0.6) is 0 Å². The predicted octanol–water partition coefficient (Wildman–Crippen LogP) is 13.8. The van der Waals surface area contributed by atoms with Crippen LogP contribution >= 0.6 is 7.82 Å². The van der Waals surface area contributed by atoms with Crippen molar-refractivity contribution in [3.8, 4) is 0 Å². The van der Waals surface area contributed by atoms with Crippen LogP contribution in [0.4, 0.5) is 0 Å². The second kappa shape index (κ2) is 40.5. The van der Waals surface area contributed by atoms with Crippen LogP contribution in [-0.4, -0.2) is 75.6 Å². The van der Waals surface area contributed by atoms with Crippen LogP contribution in [0.1, 0.15) is 200 Å². The highest BCUT2D eigenvalue weighted by molar-refractivity contribution is 7.47. The standard InChI is InChI=1S/C47H90NO7P/c1-6-8-10-12-14-16-18-20-22-24-25-26-28-30-32-34-36-38-40-47(49)55-46(45-54-56(50,51)53-43-41-48(3,4)5)44-52-42-39-37-35-33-31-29-27-23-21-19-17-15-13-11-9-7-2/h9,11,15,17,21,23,46H,6-8,10,12-14,16,18-20,22,24-45H2,1-5H3/p+1/b11-9-,17-15-,23-21-.